The highest BCUT2D eigenvalue weighted by atomic mass is 32.2. The van der Waals surface area contributed by atoms with Crippen LogP contribution < -0.4 is 5.32 Å². The summed E-state index contributed by atoms with van der Waals surface area (Å²) in [4.78, 5) is 0. The van der Waals surface area contributed by atoms with E-state index in [0.29, 0.717) is 0 Å². The van der Waals surface area contributed by atoms with Crippen molar-refractivity contribution in [2.24, 2.45) is 0 Å². The van der Waals surface area contributed by atoms with Crippen LogP contribution in [0.5, 0.6) is 0 Å². The molecule has 54 valence electrons. The number of thioether (sulfide) groups is 1. The second-order valence-corrected chi connectivity index (χ2v) is 3.80. The normalized spacial score (nSPS) is 28.3. The molecule has 1 rings (SSSR count). The Balaban J connectivity index is 2.08. The zero-order chi connectivity index (χ0) is 6.53. The second-order valence-electron chi connectivity index (χ2n) is 2.65. The Kier molecular flexibility index (Phi) is 3.44. The van der Waals surface area contributed by atoms with Crippen LogP contribution in [0, 0.1) is 0 Å². The Hall–Kier alpha value is 0.310. The van der Waals surface area contributed by atoms with Crippen LogP contribution in [0.25, 0.3) is 0 Å². The lowest BCUT2D eigenvalue weighted by Gasteiger charge is -2.18. The van der Waals surface area contributed by atoms with Crippen molar-refractivity contribution in [1.29, 1.82) is 0 Å². The first-order valence-electron chi connectivity index (χ1n) is 3.84. The maximum Gasteiger partial charge on any atom is 0.0950 e. The Bertz CT molecular complexity index is 66.6. The van der Waals surface area contributed by atoms with E-state index in [1.807, 2.05) is 0 Å². The molecular formula is C7H16NS+. The molecule has 0 aliphatic carbocycles. The third-order valence-electron chi connectivity index (χ3n) is 1.75. The Morgan fingerprint density at radius 3 is 3.11 bits per heavy atom. The number of rotatable bonds is 2. The van der Waals surface area contributed by atoms with Crippen molar-refractivity contribution in [3.05, 3.63) is 0 Å². The van der Waals surface area contributed by atoms with Crippen molar-refractivity contribution in [3.8, 4) is 0 Å². The minimum absolute atomic E-state index is 0.939. The molecule has 1 saturated heterocycles. The van der Waals surface area contributed by atoms with Crippen LogP contribution in [-0.2, 0) is 0 Å². The van der Waals surface area contributed by atoms with Crippen LogP contribution in [0.4, 0.5) is 0 Å². The Labute approximate surface area is 61.6 Å². The van der Waals surface area contributed by atoms with E-state index >= 15 is 0 Å². The van der Waals surface area contributed by atoms with Gasteiger partial charge in [-0.25, -0.2) is 0 Å². The maximum atomic E-state index is 2.50. The summed E-state index contributed by atoms with van der Waals surface area (Å²) in [6, 6.07) is 0.939. The SMILES string of the molecule is CCCC1CSCC[NH2+]1. The fourth-order valence-electron chi connectivity index (χ4n) is 1.26. The molecule has 1 unspecified atom stereocenters. The molecule has 1 fully saturated rings. The van der Waals surface area contributed by atoms with Gasteiger partial charge in [-0.2, -0.15) is 0 Å². The average molecular weight is 146 g/mol. The summed E-state index contributed by atoms with van der Waals surface area (Å²) in [5.41, 5.74) is 0. The molecule has 1 atom stereocenters. The fourth-order valence-corrected chi connectivity index (χ4v) is 2.34. The molecule has 0 aromatic carbocycles. The molecule has 0 aromatic rings. The first kappa shape index (κ1) is 7.42. The molecule has 0 bridgehead atoms. The highest BCUT2D eigenvalue weighted by Crippen LogP contribution is 2.06. The summed E-state index contributed by atoms with van der Waals surface area (Å²) in [5.74, 6) is 2.74. The average Bonchev–Trinajstić information content (AvgIpc) is 1.91. The molecule has 1 heterocycles. The van der Waals surface area contributed by atoms with Crippen LogP contribution in [0.3, 0.4) is 0 Å². The largest absolute Gasteiger partial charge is 0.342 e. The van der Waals surface area contributed by atoms with E-state index < -0.39 is 0 Å². The summed E-state index contributed by atoms with van der Waals surface area (Å²) in [6.45, 7) is 3.61. The van der Waals surface area contributed by atoms with Crippen LogP contribution in [-0.4, -0.2) is 24.1 Å². The summed E-state index contributed by atoms with van der Waals surface area (Å²) < 4.78 is 0. The molecule has 0 radical (unpaired) electrons. The number of quaternary nitrogens is 1. The second kappa shape index (κ2) is 4.18. The summed E-state index contributed by atoms with van der Waals surface area (Å²) >= 11 is 2.11. The van der Waals surface area contributed by atoms with Gasteiger partial charge in [-0.05, 0) is 6.42 Å². The van der Waals surface area contributed by atoms with Crippen molar-refractivity contribution in [3.63, 3.8) is 0 Å². The predicted octanol–water partition coefficient (Wildman–Crippen LogP) is 0.465. The van der Waals surface area contributed by atoms with Gasteiger partial charge in [-0.1, -0.05) is 13.3 Å². The monoisotopic (exact) mass is 146 g/mol. The first-order chi connectivity index (χ1) is 4.43. The molecule has 1 aliphatic heterocycles. The highest BCUT2D eigenvalue weighted by Gasteiger charge is 2.14. The van der Waals surface area contributed by atoms with Gasteiger partial charge in [0.2, 0.25) is 0 Å². The number of hydrogen-bond donors (Lipinski definition) is 1. The highest BCUT2D eigenvalue weighted by molar-refractivity contribution is 7.99. The lowest BCUT2D eigenvalue weighted by molar-refractivity contribution is -0.683. The van der Waals surface area contributed by atoms with E-state index in [4.69, 9.17) is 0 Å². The van der Waals surface area contributed by atoms with Crippen molar-refractivity contribution < 1.29 is 5.32 Å². The third-order valence-corrected chi connectivity index (χ3v) is 2.94. The van der Waals surface area contributed by atoms with Crippen LogP contribution in [0.15, 0.2) is 0 Å². The topological polar surface area (TPSA) is 16.6 Å². The van der Waals surface area contributed by atoms with E-state index in [9.17, 15) is 0 Å². The number of hydrogen-bond acceptors (Lipinski definition) is 1. The van der Waals surface area contributed by atoms with Gasteiger partial charge in [0, 0.05) is 11.5 Å². The molecule has 1 aliphatic rings. The van der Waals surface area contributed by atoms with Crippen LogP contribution in [0.2, 0.25) is 0 Å². The molecule has 0 saturated carbocycles. The zero-order valence-electron chi connectivity index (χ0n) is 6.10. The van der Waals surface area contributed by atoms with E-state index in [-0.39, 0.29) is 0 Å². The molecule has 9 heavy (non-hydrogen) atoms. The molecule has 1 nitrogen and oxygen atoms in total. The van der Waals surface area contributed by atoms with Gasteiger partial charge in [-0.15, -0.1) is 11.8 Å². The zero-order valence-corrected chi connectivity index (χ0v) is 6.91. The van der Waals surface area contributed by atoms with Gasteiger partial charge in [0.1, 0.15) is 0 Å². The molecule has 0 spiro atoms. The van der Waals surface area contributed by atoms with E-state index in [2.05, 4.69) is 24.0 Å². The molecule has 0 amide bonds. The maximum absolute atomic E-state index is 2.50. The minimum Gasteiger partial charge on any atom is -0.342 e. The molecule has 2 N–H and O–H groups in total. The first-order valence-corrected chi connectivity index (χ1v) is 5.00. The van der Waals surface area contributed by atoms with Crippen molar-refractivity contribution in [2.75, 3.05) is 18.1 Å². The molecule has 0 aromatic heterocycles. The smallest absolute Gasteiger partial charge is 0.0950 e. The van der Waals surface area contributed by atoms with E-state index in [0.717, 1.165) is 6.04 Å². The van der Waals surface area contributed by atoms with Gasteiger partial charge in [0.05, 0.1) is 12.6 Å². The van der Waals surface area contributed by atoms with Crippen LogP contribution >= 0.6 is 11.8 Å². The van der Waals surface area contributed by atoms with Gasteiger partial charge in [0.25, 0.3) is 0 Å². The Morgan fingerprint density at radius 2 is 2.56 bits per heavy atom. The quantitative estimate of drug-likeness (QED) is 0.599. The number of nitrogens with two attached hydrogens (primary N) is 1. The van der Waals surface area contributed by atoms with E-state index in [1.165, 1.54) is 30.9 Å². The van der Waals surface area contributed by atoms with Crippen LogP contribution in [0.1, 0.15) is 19.8 Å². The Morgan fingerprint density at radius 1 is 1.67 bits per heavy atom. The van der Waals surface area contributed by atoms with Gasteiger partial charge in [0.15, 0.2) is 0 Å². The predicted molar refractivity (Wildman–Crippen MR) is 42.8 cm³/mol. The molecular weight excluding hydrogens is 130 g/mol. The third kappa shape index (κ3) is 2.59. The minimum atomic E-state index is 0.939. The van der Waals surface area contributed by atoms with Gasteiger partial charge < -0.3 is 5.32 Å². The fraction of sp³-hybridized carbons (Fsp3) is 1.00. The van der Waals surface area contributed by atoms with Crippen molar-refractivity contribution in [2.45, 2.75) is 25.8 Å². The lowest BCUT2D eigenvalue weighted by atomic mass is 10.2. The summed E-state index contributed by atoms with van der Waals surface area (Å²) in [5, 5.41) is 2.50. The lowest BCUT2D eigenvalue weighted by Crippen LogP contribution is -2.92. The summed E-state index contributed by atoms with van der Waals surface area (Å²) in [6.07, 6.45) is 2.76. The standard InChI is InChI=1S/C7H15NS/c1-2-3-7-6-9-5-4-8-7/h7-8H,2-6H2,1H3/p+1. The molecule has 2 heteroatoms. The van der Waals surface area contributed by atoms with Crippen molar-refractivity contribution in [1.82, 2.24) is 0 Å². The van der Waals surface area contributed by atoms with Gasteiger partial charge >= 0.3 is 0 Å². The van der Waals surface area contributed by atoms with Crippen molar-refractivity contribution >= 4 is 11.8 Å². The summed E-state index contributed by atoms with van der Waals surface area (Å²) in [7, 11) is 0. The van der Waals surface area contributed by atoms with E-state index in [1.54, 1.807) is 0 Å². The van der Waals surface area contributed by atoms with Gasteiger partial charge in [-0.3, -0.25) is 0 Å².